The molecular formula is C11H23Cl2P2V. The van der Waals surface area contributed by atoms with Gasteiger partial charge in [0, 0.05) is 6.42 Å². The number of hydrogen-bond donors (Lipinski definition) is 0. The van der Waals surface area contributed by atoms with Crippen molar-refractivity contribution in [2.24, 2.45) is 0 Å². The van der Waals surface area contributed by atoms with Crippen LogP contribution in [0.1, 0.15) is 0 Å². The van der Waals surface area contributed by atoms with Gasteiger partial charge in [-0.3, -0.25) is 0 Å². The van der Waals surface area contributed by atoms with E-state index in [2.05, 4.69) is 40.0 Å². The van der Waals surface area contributed by atoms with Crippen LogP contribution in [0.25, 0.3) is 0 Å². The second-order valence-electron chi connectivity index (χ2n) is 3.71. The Hall–Kier alpha value is 1.50. The molecule has 1 aliphatic carbocycles. The van der Waals surface area contributed by atoms with Gasteiger partial charge in [0.1, 0.15) is 0 Å². The molecule has 0 heterocycles. The van der Waals surface area contributed by atoms with Gasteiger partial charge in [0.15, 0.2) is 0 Å². The van der Waals surface area contributed by atoms with Crippen LogP contribution in [0.15, 0.2) is 24.3 Å². The standard InChI is InChI=1S/C5H5.2C3H9P.2ClH.V/c1-2-4-5-3-1;2*1-4(2)3;;;/h1-5H;2*1-3H3;2*1H;/q;;;;;+2/p-2. The summed E-state index contributed by atoms with van der Waals surface area (Å²) >= 11 is -0.368. The quantitative estimate of drug-likeness (QED) is 0.518. The van der Waals surface area contributed by atoms with Gasteiger partial charge in [0.25, 0.3) is 0 Å². The molecule has 1 radical (unpaired) electrons. The van der Waals surface area contributed by atoms with Crippen LogP contribution < -0.4 is 0 Å². The van der Waals surface area contributed by atoms with Crippen molar-refractivity contribution in [2.75, 3.05) is 40.0 Å². The number of allylic oxidation sites excluding steroid dienone is 4. The van der Waals surface area contributed by atoms with Crippen molar-refractivity contribution in [3.63, 3.8) is 0 Å². The molecule has 0 atom stereocenters. The molecule has 0 fully saturated rings. The van der Waals surface area contributed by atoms with Crippen molar-refractivity contribution >= 4 is 35.5 Å². The maximum absolute atomic E-state index is 4.86. The zero-order chi connectivity index (χ0) is 13.4. The first-order chi connectivity index (χ1) is 7.38. The zero-order valence-corrected chi connectivity index (χ0v) is 15.7. The molecule has 0 N–H and O–H groups in total. The Kier molecular flexibility index (Phi) is 30.8. The summed E-state index contributed by atoms with van der Waals surface area (Å²) in [4.78, 5) is 0. The molecule has 5 heteroatoms. The minimum absolute atomic E-state index is 0.368. The summed E-state index contributed by atoms with van der Waals surface area (Å²) in [5.41, 5.74) is 0. The number of hydrogen-bond acceptors (Lipinski definition) is 0. The number of rotatable bonds is 0. The summed E-state index contributed by atoms with van der Waals surface area (Å²) in [7, 11) is 10.5. The Morgan fingerprint density at radius 1 is 0.688 bits per heavy atom. The van der Waals surface area contributed by atoms with E-state index in [1.165, 1.54) is 0 Å². The van der Waals surface area contributed by atoms with E-state index in [4.69, 9.17) is 19.7 Å². The van der Waals surface area contributed by atoms with E-state index < -0.39 is 0 Å². The summed E-state index contributed by atoms with van der Waals surface area (Å²) < 4.78 is 0. The molecule has 0 amide bonds. The Bertz CT molecular complexity index is 139. The van der Waals surface area contributed by atoms with Crippen molar-refractivity contribution in [3.8, 4) is 0 Å². The molecule has 0 aromatic heterocycles. The van der Waals surface area contributed by atoms with Crippen LogP contribution in [0.5, 0.6) is 0 Å². The van der Waals surface area contributed by atoms with Gasteiger partial charge >= 0.3 is 34.1 Å². The van der Waals surface area contributed by atoms with Crippen LogP contribution in [0.4, 0.5) is 0 Å². The molecule has 16 heavy (non-hydrogen) atoms. The average molecular weight is 339 g/mol. The Morgan fingerprint density at radius 3 is 0.938 bits per heavy atom. The normalized spacial score (nSPS) is 10.9. The molecule has 1 aliphatic rings. The SMILES string of the molecule is CP(C)C.CP(C)C.[CH]1C=CC=C1.[Cl][V][Cl]. The average Bonchev–Trinajstić information content (AvgIpc) is 2.57. The van der Waals surface area contributed by atoms with Gasteiger partial charge in [-0.15, -0.1) is 15.8 Å². The van der Waals surface area contributed by atoms with Crippen molar-refractivity contribution in [1.82, 2.24) is 0 Å². The van der Waals surface area contributed by atoms with Gasteiger partial charge in [-0.25, -0.2) is 0 Å². The van der Waals surface area contributed by atoms with Crippen molar-refractivity contribution in [1.29, 1.82) is 0 Å². The molecule has 96 valence electrons. The first-order valence-electron chi connectivity index (χ1n) is 4.69. The van der Waals surface area contributed by atoms with E-state index in [1.54, 1.807) is 0 Å². The van der Waals surface area contributed by atoms with Crippen LogP contribution >= 0.6 is 35.5 Å². The fourth-order valence-corrected chi connectivity index (χ4v) is 0.321. The summed E-state index contributed by atoms with van der Waals surface area (Å²) in [5.74, 6) is 0. The molecule has 1 rings (SSSR count). The monoisotopic (exact) mass is 338 g/mol. The molecule has 0 spiro atoms. The van der Waals surface area contributed by atoms with Crippen LogP contribution in [0.2, 0.25) is 0 Å². The molecule has 0 bridgehead atoms. The first-order valence-corrected chi connectivity index (χ1v) is 13.9. The molecule has 0 aromatic rings. The van der Waals surface area contributed by atoms with E-state index in [1.807, 2.05) is 30.7 Å². The maximum atomic E-state index is 4.86. The van der Waals surface area contributed by atoms with Gasteiger partial charge in [0.2, 0.25) is 0 Å². The van der Waals surface area contributed by atoms with E-state index in [0.29, 0.717) is 15.8 Å². The third-order valence-corrected chi connectivity index (χ3v) is 0.556. The van der Waals surface area contributed by atoms with Gasteiger partial charge in [0.05, 0.1) is 0 Å². The fourth-order valence-electron chi connectivity index (χ4n) is 0.321. The summed E-state index contributed by atoms with van der Waals surface area (Å²) in [6.07, 6.45) is 10.0. The second-order valence-corrected chi connectivity index (χ2v) is 11.4. The van der Waals surface area contributed by atoms with Crippen LogP contribution in [0.3, 0.4) is 0 Å². The summed E-state index contributed by atoms with van der Waals surface area (Å²) in [5, 5.41) is 0. The third-order valence-electron chi connectivity index (χ3n) is 0.556. The Morgan fingerprint density at radius 2 is 0.875 bits per heavy atom. The van der Waals surface area contributed by atoms with E-state index in [-0.39, 0.29) is 14.4 Å². The van der Waals surface area contributed by atoms with Crippen LogP contribution in [0, 0.1) is 6.42 Å². The topological polar surface area (TPSA) is 0 Å². The van der Waals surface area contributed by atoms with Gasteiger partial charge in [-0.1, -0.05) is 24.3 Å². The molecule has 0 aromatic carbocycles. The molecular weight excluding hydrogens is 316 g/mol. The van der Waals surface area contributed by atoms with Gasteiger partial charge < -0.3 is 0 Å². The molecule has 0 nitrogen and oxygen atoms in total. The van der Waals surface area contributed by atoms with Crippen LogP contribution in [-0.4, -0.2) is 40.0 Å². The Balaban J connectivity index is -0.000000144. The van der Waals surface area contributed by atoms with E-state index in [9.17, 15) is 0 Å². The van der Waals surface area contributed by atoms with Crippen molar-refractivity contribution in [3.05, 3.63) is 30.7 Å². The molecule has 0 aliphatic heterocycles. The third kappa shape index (κ3) is 77.1. The summed E-state index contributed by atoms with van der Waals surface area (Å²) in [6, 6.07) is 0. The predicted molar refractivity (Wildman–Crippen MR) is 83.7 cm³/mol. The number of halogens is 2. The van der Waals surface area contributed by atoms with Gasteiger partial charge in [-0.05, 0) is 40.0 Å². The van der Waals surface area contributed by atoms with Crippen molar-refractivity contribution < 1.29 is 14.4 Å². The first kappa shape index (κ1) is 22.7. The predicted octanol–water partition coefficient (Wildman–Crippen LogP) is 5.41. The van der Waals surface area contributed by atoms with Crippen molar-refractivity contribution in [2.45, 2.75) is 0 Å². The van der Waals surface area contributed by atoms with Gasteiger partial charge in [-0.2, -0.15) is 0 Å². The molecule has 0 unspecified atom stereocenters. The zero-order valence-electron chi connectivity index (χ0n) is 11.0. The molecule has 0 saturated heterocycles. The Labute approximate surface area is 120 Å². The second kappa shape index (κ2) is 21.8. The summed E-state index contributed by atoms with van der Waals surface area (Å²) in [6.45, 7) is 13.4. The minimum atomic E-state index is -0.368. The van der Waals surface area contributed by atoms with E-state index in [0.717, 1.165) is 0 Å². The molecule has 0 saturated carbocycles. The fraction of sp³-hybridized carbons (Fsp3) is 0.545. The van der Waals surface area contributed by atoms with E-state index >= 15 is 0 Å². The van der Waals surface area contributed by atoms with Crippen LogP contribution in [-0.2, 0) is 14.4 Å².